The highest BCUT2D eigenvalue weighted by Gasteiger charge is 2.18. The monoisotopic (exact) mass is 405 g/mol. The fraction of sp³-hybridized carbons (Fsp3) is 0.333. The van der Waals surface area contributed by atoms with Gasteiger partial charge in [-0.15, -0.1) is 0 Å². The summed E-state index contributed by atoms with van der Waals surface area (Å²) in [6.45, 7) is 5.92. The lowest BCUT2D eigenvalue weighted by molar-refractivity contribution is -0.116. The highest BCUT2D eigenvalue weighted by Crippen LogP contribution is 2.24. The molecule has 0 radical (unpaired) electrons. The number of rotatable bonds is 6. The summed E-state index contributed by atoms with van der Waals surface area (Å²) >= 11 is 0. The van der Waals surface area contributed by atoms with Crippen molar-refractivity contribution in [2.75, 3.05) is 23.3 Å². The fourth-order valence-electron chi connectivity index (χ4n) is 3.87. The van der Waals surface area contributed by atoms with Gasteiger partial charge in [-0.1, -0.05) is 17.7 Å². The van der Waals surface area contributed by atoms with Crippen molar-refractivity contribution < 1.29 is 14.0 Å². The third-order valence-electron chi connectivity index (χ3n) is 5.37. The third kappa shape index (κ3) is 4.64. The first-order valence-electron chi connectivity index (χ1n) is 10.4. The molecule has 6 heteroatoms. The van der Waals surface area contributed by atoms with Gasteiger partial charge in [0.15, 0.2) is 5.76 Å². The summed E-state index contributed by atoms with van der Waals surface area (Å²) in [6, 6.07) is 15.1. The molecule has 3 aromatic rings. The second-order valence-corrected chi connectivity index (χ2v) is 8.02. The van der Waals surface area contributed by atoms with Crippen molar-refractivity contribution in [3.8, 4) is 0 Å². The van der Waals surface area contributed by atoms with E-state index in [0.717, 1.165) is 35.4 Å². The van der Waals surface area contributed by atoms with Gasteiger partial charge in [-0.2, -0.15) is 0 Å². The van der Waals surface area contributed by atoms with Gasteiger partial charge in [-0.25, -0.2) is 0 Å². The van der Waals surface area contributed by atoms with Gasteiger partial charge < -0.3 is 20.0 Å². The first-order valence-corrected chi connectivity index (χ1v) is 10.4. The number of amides is 2. The van der Waals surface area contributed by atoms with Gasteiger partial charge in [0.05, 0.1) is 0 Å². The van der Waals surface area contributed by atoms with Crippen LogP contribution in [0.4, 0.5) is 11.4 Å². The molecule has 1 fully saturated rings. The van der Waals surface area contributed by atoms with E-state index in [1.807, 2.05) is 50.2 Å². The van der Waals surface area contributed by atoms with Crippen LogP contribution in [0.25, 0.3) is 11.0 Å². The van der Waals surface area contributed by atoms with Crippen LogP contribution in [-0.4, -0.2) is 30.9 Å². The molecular formula is C24H27N3O3. The fourth-order valence-corrected chi connectivity index (χ4v) is 3.87. The lowest BCUT2D eigenvalue weighted by atomic mass is 10.2. The zero-order chi connectivity index (χ0) is 21.1. The molecule has 1 unspecified atom stereocenters. The maximum absolute atomic E-state index is 12.5. The molecule has 0 bridgehead atoms. The second kappa shape index (κ2) is 8.61. The largest absolute Gasteiger partial charge is 0.451 e. The smallest absolute Gasteiger partial charge is 0.287 e. The van der Waals surface area contributed by atoms with Crippen LogP contribution in [0.5, 0.6) is 0 Å². The minimum atomic E-state index is -0.325. The van der Waals surface area contributed by atoms with Crippen molar-refractivity contribution in [3.05, 3.63) is 59.9 Å². The molecule has 1 aliphatic heterocycles. The van der Waals surface area contributed by atoms with E-state index >= 15 is 0 Å². The SMILES string of the molecule is Cc1ccc2oc(C(=O)NC(C)CC(=O)Nc3cccc(N4CCCC4)c3)cc2c1. The first-order chi connectivity index (χ1) is 14.5. The average Bonchev–Trinajstić information content (AvgIpc) is 3.37. The topological polar surface area (TPSA) is 74.6 Å². The molecule has 2 amide bonds. The lowest BCUT2D eigenvalue weighted by Crippen LogP contribution is -2.35. The summed E-state index contributed by atoms with van der Waals surface area (Å²) in [6.07, 6.45) is 2.59. The Kier molecular flexibility index (Phi) is 5.74. The number of anilines is 2. The van der Waals surface area contributed by atoms with Crippen molar-refractivity contribution in [2.24, 2.45) is 0 Å². The van der Waals surface area contributed by atoms with Crippen LogP contribution in [-0.2, 0) is 4.79 Å². The molecule has 0 spiro atoms. The normalized spacial score (nSPS) is 14.7. The number of nitrogens with one attached hydrogen (secondary N) is 2. The quantitative estimate of drug-likeness (QED) is 0.634. The molecule has 6 nitrogen and oxygen atoms in total. The van der Waals surface area contributed by atoms with E-state index in [1.165, 1.54) is 12.8 Å². The number of hydrogen-bond donors (Lipinski definition) is 2. The van der Waals surface area contributed by atoms with Crippen LogP contribution in [0.3, 0.4) is 0 Å². The number of fused-ring (bicyclic) bond motifs is 1. The Morgan fingerprint density at radius 2 is 1.90 bits per heavy atom. The average molecular weight is 405 g/mol. The van der Waals surface area contributed by atoms with Crippen LogP contribution < -0.4 is 15.5 Å². The molecule has 30 heavy (non-hydrogen) atoms. The number of nitrogens with zero attached hydrogens (tertiary/aromatic N) is 1. The number of benzene rings is 2. The van der Waals surface area contributed by atoms with E-state index < -0.39 is 0 Å². The molecule has 1 atom stereocenters. The molecule has 0 saturated carbocycles. The van der Waals surface area contributed by atoms with E-state index in [1.54, 1.807) is 6.07 Å². The minimum absolute atomic E-state index is 0.137. The van der Waals surface area contributed by atoms with Crippen molar-refractivity contribution in [1.82, 2.24) is 5.32 Å². The minimum Gasteiger partial charge on any atom is -0.451 e. The number of carbonyl (C=O) groups excluding carboxylic acids is 2. The molecule has 1 aliphatic rings. The Morgan fingerprint density at radius 1 is 1.10 bits per heavy atom. The summed E-state index contributed by atoms with van der Waals surface area (Å²) in [5, 5.41) is 6.67. The predicted octanol–water partition coefficient (Wildman–Crippen LogP) is 4.49. The summed E-state index contributed by atoms with van der Waals surface area (Å²) in [4.78, 5) is 27.3. The van der Waals surface area contributed by atoms with E-state index in [-0.39, 0.29) is 30.0 Å². The molecule has 1 saturated heterocycles. The summed E-state index contributed by atoms with van der Waals surface area (Å²) in [5.41, 5.74) is 3.69. The van der Waals surface area contributed by atoms with Gasteiger partial charge in [-0.05, 0) is 63.1 Å². The molecular weight excluding hydrogens is 378 g/mol. The van der Waals surface area contributed by atoms with E-state index in [4.69, 9.17) is 4.42 Å². The number of hydrogen-bond acceptors (Lipinski definition) is 4. The predicted molar refractivity (Wildman–Crippen MR) is 119 cm³/mol. The van der Waals surface area contributed by atoms with Gasteiger partial charge in [-0.3, -0.25) is 9.59 Å². The molecule has 156 valence electrons. The molecule has 2 aromatic carbocycles. The molecule has 2 heterocycles. The molecule has 4 rings (SSSR count). The highest BCUT2D eigenvalue weighted by molar-refractivity contribution is 5.97. The Morgan fingerprint density at radius 3 is 2.70 bits per heavy atom. The second-order valence-electron chi connectivity index (χ2n) is 8.02. The van der Waals surface area contributed by atoms with Gasteiger partial charge in [0.1, 0.15) is 5.58 Å². The zero-order valence-corrected chi connectivity index (χ0v) is 17.4. The number of furan rings is 1. The van der Waals surface area contributed by atoms with Gasteiger partial charge in [0.2, 0.25) is 5.91 Å². The highest BCUT2D eigenvalue weighted by atomic mass is 16.3. The van der Waals surface area contributed by atoms with Crippen LogP contribution in [0.2, 0.25) is 0 Å². The van der Waals surface area contributed by atoms with Crippen molar-refractivity contribution in [3.63, 3.8) is 0 Å². The van der Waals surface area contributed by atoms with Crippen LogP contribution >= 0.6 is 0 Å². The van der Waals surface area contributed by atoms with Crippen LogP contribution in [0, 0.1) is 6.92 Å². The van der Waals surface area contributed by atoms with E-state index in [9.17, 15) is 9.59 Å². The van der Waals surface area contributed by atoms with E-state index in [0.29, 0.717) is 5.58 Å². The number of aryl methyl sites for hydroxylation is 1. The zero-order valence-electron chi connectivity index (χ0n) is 17.4. The van der Waals surface area contributed by atoms with Gasteiger partial charge in [0, 0.05) is 42.3 Å². The molecule has 2 N–H and O–H groups in total. The maximum atomic E-state index is 12.5. The summed E-state index contributed by atoms with van der Waals surface area (Å²) in [7, 11) is 0. The summed E-state index contributed by atoms with van der Waals surface area (Å²) in [5.74, 6) is -0.206. The standard InChI is InChI=1S/C24H27N3O3/c1-16-8-9-21-18(12-16)14-22(30-21)24(29)25-17(2)13-23(28)26-19-6-5-7-20(15-19)27-10-3-4-11-27/h5-9,12,14-15,17H,3-4,10-11,13H2,1-2H3,(H,25,29)(H,26,28). The number of carbonyl (C=O) groups is 2. The van der Waals surface area contributed by atoms with Crippen LogP contribution in [0.1, 0.15) is 42.3 Å². The van der Waals surface area contributed by atoms with Crippen molar-refractivity contribution in [2.45, 2.75) is 39.2 Å². The Hall–Kier alpha value is -3.28. The Labute approximate surface area is 176 Å². The van der Waals surface area contributed by atoms with Crippen molar-refractivity contribution in [1.29, 1.82) is 0 Å². The third-order valence-corrected chi connectivity index (χ3v) is 5.37. The van der Waals surface area contributed by atoms with Crippen molar-refractivity contribution >= 4 is 34.2 Å². The first kappa shape index (κ1) is 20.0. The van der Waals surface area contributed by atoms with Gasteiger partial charge >= 0.3 is 0 Å². The maximum Gasteiger partial charge on any atom is 0.287 e. The van der Waals surface area contributed by atoms with Gasteiger partial charge in [0.25, 0.3) is 5.91 Å². The molecule has 1 aromatic heterocycles. The Bertz CT molecular complexity index is 1070. The van der Waals surface area contributed by atoms with Crippen LogP contribution in [0.15, 0.2) is 52.9 Å². The Balaban J connectivity index is 1.33. The lowest BCUT2D eigenvalue weighted by Gasteiger charge is -2.19. The summed E-state index contributed by atoms with van der Waals surface area (Å²) < 4.78 is 5.63. The van der Waals surface area contributed by atoms with E-state index in [2.05, 4.69) is 21.6 Å². The molecule has 0 aliphatic carbocycles.